The van der Waals surface area contributed by atoms with E-state index in [0.29, 0.717) is 36.1 Å². The van der Waals surface area contributed by atoms with Gasteiger partial charge in [-0.05, 0) is 17.5 Å². The van der Waals surface area contributed by atoms with Crippen molar-refractivity contribution in [3.8, 4) is 11.5 Å². The number of hydrogen-bond acceptors (Lipinski definition) is 6. The smallest absolute Gasteiger partial charge is 0.277 e. The van der Waals surface area contributed by atoms with Crippen molar-refractivity contribution in [1.82, 2.24) is 4.90 Å². The van der Waals surface area contributed by atoms with Gasteiger partial charge in [-0.25, -0.2) is 0 Å². The average molecular weight is 371 g/mol. The summed E-state index contributed by atoms with van der Waals surface area (Å²) in [4.78, 5) is 13.4. The van der Waals surface area contributed by atoms with Crippen LogP contribution in [0.4, 0.5) is 5.69 Å². The summed E-state index contributed by atoms with van der Waals surface area (Å²) in [6, 6.07) is 12.9. The Morgan fingerprint density at radius 2 is 1.96 bits per heavy atom. The quantitative estimate of drug-likeness (QED) is 0.594. The van der Waals surface area contributed by atoms with Crippen molar-refractivity contribution < 1.29 is 14.4 Å². The van der Waals surface area contributed by atoms with E-state index in [-0.39, 0.29) is 16.7 Å². The Morgan fingerprint density at radius 1 is 1.22 bits per heavy atom. The van der Waals surface area contributed by atoms with Crippen LogP contribution in [-0.4, -0.2) is 36.1 Å². The summed E-state index contributed by atoms with van der Waals surface area (Å²) in [6.07, 6.45) is 0. The monoisotopic (exact) mass is 371 g/mol. The third kappa shape index (κ3) is 4.56. The number of methoxy groups -OCH3 is 1. The van der Waals surface area contributed by atoms with Crippen molar-refractivity contribution >= 4 is 5.69 Å². The van der Waals surface area contributed by atoms with Gasteiger partial charge < -0.3 is 15.2 Å². The van der Waals surface area contributed by atoms with Gasteiger partial charge in [-0.15, -0.1) is 0 Å². The molecule has 1 saturated heterocycles. The molecule has 7 nitrogen and oxygen atoms in total. The lowest BCUT2D eigenvalue weighted by Gasteiger charge is -2.17. The summed E-state index contributed by atoms with van der Waals surface area (Å²) >= 11 is 0. The lowest BCUT2D eigenvalue weighted by molar-refractivity contribution is -0.385. The maximum absolute atomic E-state index is 11.6. The number of likely N-dealkylation sites (tertiary alicyclic amines) is 1. The molecule has 0 saturated carbocycles. The Labute approximate surface area is 158 Å². The van der Waals surface area contributed by atoms with Gasteiger partial charge in [0.15, 0.2) is 11.5 Å². The maximum Gasteiger partial charge on any atom is 0.277 e. The minimum atomic E-state index is -0.371. The molecule has 0 radical (unpaired) electrons. The normalized spacial score (nSPS) is 19.8. The first-order chi connectivity index (χ1) is 13.0. The lowest BCUT2D eigenvalue weighted by atomic mass is 10.1. The summed E-state index contributed by atoms with van der Waals surface area (Å²) in [5.41, 5.74) is 7.69. The third-order valence-electron chi connectivity index (χ3n) is 4.94. The molecule has 0 amide bonds. The molecule has 0 aromatic heterocycles. The number of nitro benzene ring substituents is 1. The van der Waals surface area contributed by atoms with Crippen molar-refractivity contribution in [3.05, 3.63) is 63.7 Å². The summed E-state index contributed by atoms with van der Waals surface area (Å²) in [5.74, 6) is 1.23. The van der Waals surface area contributed by atoms with Crippen LogP contribution in [-0.2, 0) is 13.2 Å². The van der Waals surface area contributed by atoms with E-state index >= 15 is 0 Å². The lowest BCUT2D eigenvalue weighted by Crippen LogP contribution is -2.28. The van der Waals surface area contributed by atoms with Gasteiger partial charge in [-0.1, -0.05) is 37.3 Å². The van der Waals surface area contributed by atoms with Crippen LogP contribution in [0.2, 0.25) is 0 Å². The molecule has 144 valence electrons. The van der Waals surface area contributed by atoms with Gasteiger partial charge in [0, 0.05) is 31.2 Å². The molecule has 1 aliphatic heterocycles. The van der Waals surface area contributed by atoms with Crippen LogP contribution in [0.1, 0.15) is 18.1 Å². The average Bonchev–Trinajstić information content (AvgIpc) is 2.98. The summed E-state index contributed by atoms with van der Waals surface area (Å²) < 4.78 is 11.2. The van der Waals surface area contributed by atoms with Gasteiger partial charge in [0.1, 0.15) is 6.61 Å². The van der Waals surface area contributed by atoms with Crippen molar-refractivity contribution in [2.45, 2.75) is 26.1 Å². The number of hydrogen-bond donors (Lipinski definition) is 1. The first kappa shape index (κ1) is 19.1. The standard InChI is InChI=1S/C20H25N3O4/c1-14-10-22(12-17(14)21)11-16-8-19(26-2)20(9-18(16)23(24)25)27-13-15-6-4-3-5-7-15/h3-9,14,17H,10-13,21H2,1-2H3. The predicted octanol–water partition coefficient (Wildman–Crippen LogP) is 2.96. The van der Waals surface area contributed by atoms with Gasteiger partial charge in [0.05, 0.1) is 18.1 Å². The highest BCUT2D eigenvalue weighted by Crippen LogP contribution is 2.36. The summed E-state index contributed by atoms with van der Waals surface area (Å²) in [6.45, 7) is 4.43. The van der Waals surface area contributed by atoms with Crippen LogP contribution in [0.5, 0.6) is 11.5 Å². The zero-order chi connectivity index (χ0) is 19.4. The van der Waals surface area contributed by atoms with Crippen LogP contribution in [0.15, 0.2) is 42.5 Å². The van der Waals surface area contributed by atoms with Gasteiger partial charge in [0.25, 0.3) is 5.69 Å². The van der Waals surface area contributed by atoms with E-state index in [0.717, 1.165) is 18.7 Å². The molecule has 1 fully saturated rings. The Kier molecular flexibility index (Phi) is 5.93. The molecular formula is C20H25N3O4. The second-order valence-electron chi connectivity index (χ2n) is 7.00. The van der Waals surface area contributed by atoms with E-state index in [4.69, 9.17) is 15.2 Å². The highest BCUT2D eigenvalue weighted by atomic mass is 16.6. The van der Waals surface area contributed by atoms with Crippen LogP contribution < -0.4 is 15.2 Å². The van der Waals surface area contributed by atoms with Crippen LogP contribution in [0.3, 0.4) is 0 Å². The van der Waals surface area contributed by atoms with Gasteiger partial charge in [-0.2, -0.15) is 0 Å². The second-order valence-corrected chi connectivity index (χ2v) is 7.00. The molecule has 27 heavy (non-hydrogen) atoms. The molecule has 3 rings (SSSR count). The highest BCUT2D eigenvalue weighted by molar-refractivity contribution is 5.54. The van der Waals surface area contributed by atoms with Crippen LogP contribution in [0, 0.1) is 16.0 Å². The van der Waals surface area contributed by atoms with Gasteiger partial charge in [-0.3, -0.25) is 15.0 Å². The molecule has 0 spiro atoms. The maximum atomic E-state index is 11.6. The highest BCUT2D eigenvalue weighted by Gasteiger charge is 2.29. The molecular weight excluding hydrogens is 346 g/mol. The Balaban J connectivity index is 1.83. The Morgan fingerprint density at radius 3 is 2.56 bits per heavy atom. The van der Waals surface area contributed by atoms with Gasteiger partial charge >= 0.3 is 0 Å². The zero-order valence-corrected chi connectivity index (χ0v) is 15.6. The molecule has 1 heterocycles. The number of nitrogens with two attached hydrogens (primary N) is 1. The van der Waals surface area contributed by atoms with E-state index in [9.17, 15) is 10.1 Å². The van der Waals surface area contributed by atoms with Crippen LogP contribution in [0.25, 0.3) is 0 Å². The van der Waals surface area contributed by atoms with E-state index < -0.39 is 0 Å². The van der Waals surface area contributed by atoms with Crippen molar-refractivity contribution in [2.24, 2.45) is 11.7 Å². The number of benzene rings is 2. The molecule has 1 aliphatic rings. The summed E-state index contributed by atoms with van der Waals surface area (Å²) in [7, 11) is 1.54. The van der Waals surface area contributed by atoms with E-state index in [1.807, 2.05) is 30.3 Å². The molecule has 2 unspecified atom stereocenters. The van der Waals surface area contributed by atoms with Gasteiger partial charge in [0.2, 0.25) is 0 Å². The topological polar surface area (TPSA) is 90.9 Å². The summed E-state index contributed by atoms with van der Waals surface area (Å²) in [5, 5.41) is 11.6. The van der Waals surface area contributed by atoms with Crippen molar-refractivity contribution in [2.75, 3.05) is 20.2 Å². The molecule has 2 aromatic carbocycles. The molecule has 0 bridgehead atoms. The number of nitrogens with zero attached hydrogens (tertiary/aromatic N) is 2. The Hall–Kier alpha value is -2.64. The Bertz CT molecular complexity index is 787. The second kappa shape index (κ2) is 8.37. The fourth-order valence-corrected chi connectivity index (χ4v) is 3.36. The van der Waals surface area contributed by atoms with E-state index in [1.165, 1.54) is 13.2 Å². The molecule has 0 aliphatic carbocycles. The fraction of sp³-hybridized carbons (Fsp3) is 0.400. The zero-order valence-electron chi connectivity index (χ0n) is 15.6. The third-order valence-corrected chi connectivity index (χ3v) is 4.94. The largest absolute Gasteiger partial charge is 0.493 e. The molecule has 2 atom stereocenters. The molecule has 2 aromatic rings. The minimum Gasteiger partial charge on any atom is -0.493 e. The molecule has 2 N–H and O–H groups in total. The van der Waals surface area contributed by atoms with Crippen molar-refractivity contribution in [1.29, 1.82) is 0 Å². The molecule has 7 heteroatoms. The number of nitro groups is 1. The first-order valence-corrected chi connectivity index (χ1v) is 8.98. The number of rotatable bonds is 7. The minimum absolute atomic E-state index is 0.0342. The first-order valence-electron chi connectivity index (χ1n) is 8.98. The predicted molar refractivity (Wildman–Crippen MR) is 103 cm³/mol. The van der Waals surface area contributed by atoms with E-state index in [1.54, 1.807) is 6.07 Å². The number of ether oxygens (including phenoxy) is 2. The SMILES string of the molecule is COc1cc(CN2CC(C)C(N)C2)c([N+](=O)[O-])cc1OCc1ccccc1. The van der Waals surface area contributed by atoms with Crippen molar-refractivity contribution in [3.63, 3.8) is 0 Å². The van der Waals surface area contributed by atoms with Crippen LogP contribution >= 0.6 is 0 Å². The van der Waals surface area contributed by atoms with E-state index in [2.05, 4.69) is 11.8 Å². The fourth-order valence-electron chi connectivity index (χ4n) is 3.36.